The number of aliphatic imine (C=N–C) groups is 1. The molecule has 4 rings (SSSR count). The van der Waals surface area contributed by atoms with Gasteiger partial charge in [-0.05, 0) is 68.2 Å². The Morgan fingerprint density at radius 1 is 1.20 bits per heavy atom. The summed E-state index contributed by atoms with van der Waals surface area (Å²) in [6, 6.07) is 1.89. The Morgan fingerprint density at radius 2 is 1.89 bits per heavy atom. The molecule has 3 aliphatic rings. The Hall–Kier alpha value is -2.22. The van der Waals surface area contributed by atoms with E-state index in [0.29, 0.717) is 47.4 Å². The monoisotopic (exact) mass is 519 g/mol. The van der Waals surface area contributed by atoms with Crippen molar-refractivity contribution in [1.29, 1.82) is 0 Å². The molecule has 0 bridgehead atoms. The molecule has 1 fully saturated rings. The van der Waals surface area contributed by atoms with Gasteiger partial charge in [-0.1, -0.05) is 35.7 Å². The van der Waals surface area contributed by atoms with E-state index in [1.807, 2.05) is 19.1 Å². The van der Waals surface area contributed by atoms with Crippen LogP contribution in [0.25, 0.3) is 0 Å². The number of allylic oxidation sites excluding steroid dienone is 1. The summed E-state index contributed by atoms with van der Waals surface area (Å²) in [4.78, 5) is 45.3. The Labute approximate surface area is 215 Å². The van der Waals surface area contributed by atoms with Crippen molar-refractivity contribution < 1.29 is 19.5 Å². The molecule has 2 atom stereocenters. The topological polar surface area (TPSA) is 90.3 Å². The van der Waals surface area contributed by atoms with Crippen LogP contribution in [0.4, 0.5) is 0 Å². The van der Waals surface area contributed by atoms with Gasteiger partial charge in [0, 0.05) is 36.9 Å². The van der Waals surface area contributed by atoms with E-state index in [9.17, 15) is 14.4 Å². The second-order valence-corrected chi connectivity index (χ2v) is 10.6. The van der Waals surface area contributed by atoms with Crippen molar-refractivity contribution in [2.75, 3.05) is 32.8 Å². The van der Waals surface area contributed by atoms with Gasteiger partial charge in [0.05, 0.1) is 16.5 Å². The lowest BCUT2D eigenvalue weighted by Gasteiger charge is -2.36. The molecule has 35 heavy (non-hydrogen) atoms. The van der Waals surface area contributed by atoms with E-state index in [-0.39, 0.29) is 36.1 Å². The van der Waals surface area contributed by atoms with Crippen molar-refractivity contribution in [2.45, 2.75) is 46.0 Å². The lowest BCUT2D eigenvalue weighted by atomic mass is 9.80. The van der Waals surface area contributed by atoms with Gasteiger partial charge >= 0.3 is 0 Å². The van der Waals surface area contributed by atoms with Gasteiger partial charge in [-0.25, -0.2) is 4.99 Å². The Bertz CT molecular complexity index is 1120. The third kappa shape index (κ3) is 5.04. The minimum atomic E-state index is -0.473. The van der Waals surface area contributed by atoms with Crippen LogP contribution in [-0.2, 0) is 16.0 Å². The number of carbonyl (C=O) groups excluding carboxylic acids is 3. The first-order valence-electron chi connectivity index (χ1n) is 12.1. The van der Waals surface area contributed by atoms with Crippen LogP contribution >= 0.6 is 23.2 Å². The molecule has 2 unspecified atom stereocenters. The lowest BCUT2D eigenvalue weighted by molar-refractivity contribution is -0.135. The highest BCUT2D eigenvalue weighted by Crippen LogP contribution is 2.42. The van der Waals surface area contributed by atoms with Crippen LogP contribution < -0.4 is 0 Å². The fourth-order valence-electron chi connectivity index (χ4n) is 5.52. The summed E-state index contributed by atoms with van der Waals surface area (Å²) in [6.45, 7) is 7.19. The van der Waals surface area contributed by atoms with Gasteiger partial charge < -0.3 is 14.9 Å². The predicted molar refractivity (Wildman–Crippen MR) is 136 cm³/mol. The normalized spacial score (nSPS) is 22.1. The molecule has 0 saturated carbocycles. The van der Waals surface area contributed by atoms with Crippen molar-refractivity contribution in [2.24, 2.45) is 16.8 Å². The molecular formula is C26H31Cl2N3O4. The highest BCUT2D eigenvalue weighted by atomic mass is 35.5. The zero-order valence-corrected chi connectivity index (χ0v) is 21.8. The van der Waals surface area contributed by atoms with Gasteiger partial charge in [0.1, 0.15) is 6.61 Å². The first-order chi connectivity index (χ1) is 16.6. The highest BCUT2D eigenvalue weighted by molar-refractivity contribution is 6.37. The number of piperidine rings is 1. The van der Waals surface area contributed by atoms with Crippen LogP contribution in [0.2, 0.25) is 10.0 Å². The molecule has 188 valence electrons. The maximum Gasteiger partial charge on any atom is 0.255 e. The predicted octanol–water partition coefficient (Wildman–Crippen LogP) is 3.89. The summed E-state index contributed by atoms with van der Waals surface area (Å²) in [5.41, 5.74) is 3.61. The van der Waals surface area contributed by atoms with E-state index in [0.717, 1.165) is 29.5 Å². The van der Waals surface area contributed by atoms with Crippen molar-refractivity contribution in [1.82, 2.24) is 9.80 Å². The maximum absolute atomic E-state index is 13.6. The molecule has 0 radical (unpaired) electrons. The number of hydrogen-bond donors (Lipinski definition) is 1. The van der Waals surface area contributed by atoms with Crippen LogP contribution in [0.15, 0.2) is 22.7 Å². The Morgan fingerprint density at radius 3 is 2.51 bits per heavy atom. The number of dihydropyridines is 1. The molecule has 0 aromatic heterocycles. The molecule has 1 aromatic rings. The van der Waals surface area contributed by atoms with Crippen molar-refractivity contribution in [3.05, 3.63) is 44.5 Å². The van der Waals surface area contributed by atoms with E-state index in [4.69, 9.17) is 28.3 Å². The molecule has 9 heteroatoms. The summed E-state index contributed by atoms with van der Waals surface area (Å²) in [5, 5.41) is 10.1. The van der Waals surface area contributed by atoms with Gasteiger partial charge in [0.2, 0.25) is 5.91 Å². The number of rotatable bonds is 5. The lowest BCUT2D eigenvalue weighted by Crippen LogP contribution is -2.43. The molecule has 0 spiro atoms. The SMILES string of the molecule is CC1=CC(C)=NC(=O)C1CN1CCc2c(Cl)cc(C(C)C3CCN(C(=O)CO)CC3)c(Cl)c2C1=O. The summed E-state index contributed by atoms with van der Waals surface area (Å²) < 4.78 is 0. The fourth-order valence-corrected chi connectivity index (χ4v) is 6.24. The van der Waals surface area contributed by atoms with Crippen LogP contribution in [-0.4, -0.2) is 71.1 Å². The number of amides is 3. The van der Waals surface area contributed by atoms with Crippen molar-refractivity contribution in [3.8, 4) is 0 Å². The minimum Gasteiger partial charge on any atom is -0.387 e. The van der Waals surface area contributed by atoms with E-state index < -0.39 is 12.5 Å². The zero-order chi connectivity index (χ0) is 25.4. The summed E-state index contributed by atoms with van der Waals surface area (Å²) in [5.74, 6) is -0.817. The Balaban J connectivity index is 1.56. The number of benzene rings is 1. The number of fused-ring (bicyclic) bond motifs is 1. The van der Waals surface area contributed by atoms with Gasteiger partial charge in [-0.2, -0.15) is 0 Å². The minimum absolute atomic E-state index is 0.0438. The molecule has 3 aliphatic heterocycles. The van der Waals surface area contributed by atoms with E-state index in [1.165, 1.54) is 0 Å². The highest BCUT2D eigenvalue weighted by Gasteiger charge is 2.36. The molecule has 3 heterocycles. The molecule has 1 saturated heterocycles. The second kappa shape index (κ2) is 10.4. The first kappa shape index (κ1) is 25.9. The van der Waals surface area contributed by atoms with E-state index in [2.05, 4.69) is 11.9 Å². The molecule has 1 aromatic carbocycles. The summed E-state index contributed by atoms with van der Waals surface area (Å²) in [7, 11) is 0. The fraction of sp³-hybridized carbons (Fsp3) is 0.538. The molecule has 0 aliphatic carbocycles. The number of nitrogens with zero attached hydrogens (tertiary/aromatic N) is 3. The molecule has 1 N–H and O–H groups in total. The third-order valence-corrected chi connectivity index (χ3v) is 8.42. The van der Waals surface area contributed by atoms with Crippen LogP contribution in [0, 0.1) is 11.8 Å². The van der Waals surface area contributed by atoms with E-state index in [1.54, 1.807) is 16.7 Å². The van der Waals surface area contributed by atoms with Crippen LogP contribution in [0.5, 0.6) is 0 Å². The van der Waals surface area contributed by atoms with Gasteiger partial charge in [-0.15, -0.1) is 0 Å². The third-order valence-electron chi connectivity index (χ3n) is 7.68. The van der Waals surface area contributed by atoms with E-state index >= 15 is 0 Å². The quantitative estimate of drug-likeness (QED) is 0.638. The number of aliphatic hydroxyl groups excluding tert-OH is 1. The number of likely N-dealkylation sites (tertiary alicyclic amines) is 1. The molecule has 7 nitrogen and oxygen atoms in total. The summed E-state index contributed by atoms with van der Waals surface area (Å²) in [6.07, 6.45) is 4.03. The van der Waals surface area contributed by atoms with Gasteiger partial charge in [0.15, 0.2) is 0 Å². The maximum atomic E-state index is 13.6. The number of hydrogen-bond acceptors (Lipinski definition) is 4. The zero-order valence-electron chi connectivity index (χ0n) is 20.3. The average Bonchev–Trinajstić information content (AvgIpc) is 2.83. The number of halogens is 2. The second-order valence-electron chi connectivity index (χ2n) is 9.81. The number of carbonyl (C=O) groups is 3. The van der Waals surface area contributed by atoms with Gasteiger partial charge in [-0.3, -0.25) is 14.4 Å². The standard InChI is InChI=1S/C26H31Cl2N3O4/c1-14-10-15(2)29-25(34)20(14)12-31-9-6-18-21(27)11-19(24(28)23(18)26(31)35)16(3)17-4-7-30(8-5-17)22(33)13-32/h10-11,16-17,20,32H,4-9,12-13H2,1-3H3. The first-order valence-corrected chi connectivity index (χ1v) is 12.8. The number of aliphatic hydroxyl groups is 1. The summed E-state index contributed by atoms with van der Waals surface area (Å²) >= 11 is 13.6. The van der Waals surface area contributed by atoms with Crippen molar-refractivity contribution in [3.63, 3.8) is 0 Å². The van der Waals surface area contributed by atoms with Gasteiger partial charge in [0.25, 0.3) is 11.8 Å². The van der Waals surface area contributed by atoms with Crippen molar-refractivity contribution >= 4 is 46.6 Å². The molecule has 3 amide bonds. The largest absolute Gasteiger partial charge is 0.387 e. The smallest absolute Gasteiger partial charge is 0.255 e. The Kier molecular flexibility index (Phi) is 7.69. The van der Waals surface area contributed by atoms with Crippen LogP contribution in [0.3, 0.4) is 0 Å². The molecular weight excluding hydrogens is 489 g/mol. The van der Waals surface area contributed by atoms with Crippen LogP contribution in [0.1, 0.15) is 61.0 Å². The average molecular weight is 520 g/mol.